The zero-order valence-corrected chi connectivity index (χ0v) is 11.7. The van der Waals surface area contributed by atoms with Gasteiger partial charge in [0.1, 0.15) is 0 Å². The summed E-state index contributed by atoms with van der Waals surface area (Å²) in [5, 5.41) is 4.51. The Labute approximate surface area is 105 Å². The molecule has 2 unspecified atom stereocenters. The van der Waals surface area contributed by atoms with E-state index >= 15 is 0 Å². The fourth-order valence-corrected chi connectivity index (χ4v) is 3.91. The van der Waals surface area contributed by atoms with Crippen LogP contribution in [0.3, 0.4) is 0 Å². The lowest BCUT2D eigenvalue weighted by molar-refractivity contribution is 0.0747. The van der Waals surface area contributed by atoms with Gasteiger partial charge in [-0.1, -0.05) is 0 Å². The Balaban J connectivity index is 1.87. The molecule has 1 saturated carbocycles. The maximum absolute atomic E-state index is 3.57. The van der Waals surface area contributed by atoms with Crippen LogP contribution in [0, 0.1) is 0 Å². The van der Waals surface area contributed by atoms with E-state index in [4.69, 9.17) is 0 Å². The molecule has 2 aliphatic rings. The quantitative estimate of drug-likeness (QED) is 0.800. The molecule has 0 bridgehead atoms. The third-order valence-electron chi connectivity index (χ3n) is 4.26. The second-order valence-corrected chi connectivity index (χ2v) is 6.66. The molecule has 1 saturated heterocycles. The van der Waals surface area contributed by atoms with E-state index in [1.807, 2.05) is 0 Å². The van der Waals surface area contributed by atoms with Crippen LogP contribution in [-0.2, 0) is 0 Å². The van der Waals surface area contributed by atoms with E-state index in [1.165, 1.54) is 38.8 Å². The van der Waals surface area contributed by atoms with Gasteiger partial charge in [0, 0.05) is 36.5 Å². The van der Waals surface area contributed by atoms with Crippen LogP contribution in [0.25, 0.3) is 0 Å². The minimum atomic E-state index is 0.675. The molecule has 1 heterocycles. The van der Waals surface area contributed by atoms with E-state index in [1.54, 1.807) is 0 Å². The molecular formula is C13H26N2S. The molecule has 3 heteroatoms. The van der Waals surface area contributed by atoms with Crippen molar-refractivity contribution in [1.29, 1.82) is 0 Å². The Morgan fingerprint density at radius 2 is 1.81 bits per heavy atom. The lowest BCUT2D eigenvalue weighted by atomic mass is 9.91. The lowest BCUT2D eigenvalue weighted by Gasteiger charge is -2.44. The van der Waals surface area contributed by atoms with Crippen LogP contribution in [0.2, 0.25) is 0 Å². The van der Waals surface area contributed by atoms with Crippen molar-refractivity contribution in [2.45, 2.75) is 62.9 Å². The van der Waals surface area contributed by atoms with Crippen molar-refractivity contribution < 1.29 is 0 Å². The Kier molecular flexibility index (Phi) is 4.57. The number of hydrogen-bond acceptors (Lipinski definition) is 3. The largest absolute Gasteiger partial charge is 0.311 e. The number of nitrogens with zero attached hydrogens (tertiary/aromatic N) is 1. The molecule has 1 N–H and O–H groups in total. The van der Waals surface area contributed by atoms with Gasteiger partial charge < -0.3 is 5.32 Å². The molecule has 0 aromatic carbocycles. The number of thioether (sulfide) groups is 1. The molecule has 1 aliphatic heterocycles. The lowest BCUT2D eigenvalue weighted by Crippen LogP contribution is -2.58. The highest BCUT2D eigenvalue weighted by molar-refractivity contribution is 7.99. The number of rotatable bonds is 2. The Hall–Kier alpha value is 0.270. The molecule has 2 nitrogen and oxygen atoms in total. The standard InChI is InChI=1S/C13H26N2S/c1-10-9-15(11(2)8-14-10)12-4-6-13(16-3)7-5-12/h10-14H,4-9H2,1-3H3. The summed E-state index contributed by atoms with van der Waals surface area (Å²) in [6.07, 6.45) is 7.96. The van der Waals surface area contributed by atoms with Gasteiger partial charge >= 0.3 is 0 Å². The zero-order valence-electron chi connectivity index (χ0n) is 10.9. The summed E-state index contributed by atoms with van der Waals surface area (Å²) >= 11 is 2.06. The normalized spacial score (nSPS) is 42.2. The van der Waals surface area contributed by atoms with E-state index in [2.05, 4.69) is 42.1 Å². The average molecular weight is 242 g/mol. The van der Waals surface area contributed by atoms with Gasteiger partial charge in [0.15, 0.2) is 0 Å². The summed E-state index contributed by atoms with van der Waals surface area (Å²) in [5.74, 6) is 0. The molecular weight excluding hydrogens is 216 g/mol. The highest BCUT2D eigenvalue weighted by Crippen LogP contribution is 2.31. The predicted octanol–water partition coefficient (Wildman–Crippen LogP) is 2.34. The molecule has 0 spiro atoms. The van der Waals surface area contributed by atoms with Crippen molar-refractivity contribution in [3.63, 3.8) is 0 Å². The average Bonchev–Trinajstić information content (AvgIpc) is 2.32. The summed E-state index contributed by atoms with van der Waals surface area (Å²) in [5.41, 5.74) is 0. The van der Waals surface area contributed by atoms with E-state index in [9.17, 15) is 0 Å². The first-order valence-corrected chi connectivity index (χ1v) is 8.01. The van der Waals surface area contributed by atoms with Crippen LogP contribution in [0.5, 0.6) is 0 Å². The Morgan fingerprint density at radius 3 is 2.44 bits per heavy atom. The molecule has 1 aliphatic carbocycles. The van der Waals surface area contributed by atoms with Crippen LogP contribution in [0.1, 0.15) is 39.5 Å². The summed E-state index contributed by atoms with van der Waals surface area (Å²) < 4.78 is 0. The molecule has 0 aromatic rings. The third-order valence-corrected chi connectivity index (χ3v) is 5.40. The molecule has 94 valence electrons. The Bertz CT molecular complexity index is 214. The highest BCUT2D eigenvalue weighted by Gasteiger charge is 2.31. The van der Waals surface area contributed by atoms with E-state index in [-0.39, 0.29) is 0 Å². The molecule has 0 amide bonds. The second-order valence-electron chi connectivity index (χ2n) is 5.52. The van der Waals surface area contributed by atoms with Gasteiger partial charge in [0.05, 0.1) is 0 Å². The third kappa shape index (κ3) is 2.93. The maximum atomic E-state index is 3.57. The van der Waals surface area contributed by atoms with Crippen molar-refractivity contribution >= 4 is 11.8 Å². The Morgan fingerprint density at radius 1 is 1.12 bits per heavy atom. The van der Waals surface area contributed by atoms with Gasteiger partial charge in [-0.25, -0.2) is 0 Å². The van der Waals surface area contributed by atoms with Gasteiger partial charge in [0.2, 0.25) is 0 Å². The van der Waals surface area contributed by atoms with Crippen molar-refractivity contribution in [1.82, 2.24) is 10.2 Å². The number of nitrogens with one attached hydrogen (secondary N) is 1. The first-order valence-electron chi connectivity index (χ1n) is 6.72. The highest BCUT2D eigenvalue weighted by atomic mass is 32.2. The van der Waals surface area contributed by atoms with Gasteiger partial charge in [-0.15, -0.1) is 0 Å². The van der Waals surface area contributed by atoms with Crippen LogP contribution in [0.4, 0.5) is 0 Å². The van der Waals surface area contributed by atoms with Crippen LogP contribution in [0.15, 0.2) is 0 Å². The maximum Gasteiger partial charge on any atom is 0.0196 e. The fraction of sp³-hybridized carbons (Fsp3) is 1.00. The molecule has 2 atom stereocenters. The summed E-state index contributed by atoms with van der Waals surface area (Å²) in [7, 11) is 0. The van der Waals surface area contributed by atoms with Gasteiger partial charge in [0.25, 0.3) is 0 Å². The van der Waals surface area contributed by atoms with Crippen molar-refractivity contribution in [2.24, 2.45) is 0 Å². The second kappa shape index (κ2) is 5.74. The van der Waals surface area contributed by atoms with Crippen molar-refractivity contribution in [2.75, 3.05) is 19.3 Å². The van der Waals surface area contributed by atoms with Crippen molar-refractivity contribution in [3.8, 4) is 0 Å². The van der Waals surface area contributed by atoms with Gasteiger partial charge in [-0.2, -0.15) is 11.8 Å². The molecule has 2 rings (SSSR count). The minimum absolute atomic E-state index is 0.675. The minimum Gasteiger partial charge on any atom is -0.311 e. The summed E-state index contributed by atoms with van der Waals surface area (Å²) in [6.45, 7) is 7.10. The number of piperazine rings is 1. The summed E-state index contributed by atoms with van der Waals surface area (Å²) in [6, 6.07) is 2.27. The van der Waals surface area contributed by atoms with Gasteiger partial charge in [-0.05, 0) is 45.8 Å². The molecule has 2 fully saturated rings. The number of hydrogen-bond donors (Lipinski definition) is 1. The van der Waals surface area contributed by atoms with Crippen molar-refractivity contribution in [3.05, 3.63) is 0 Å². The molecule has 16 heavy (non-hydrogen) atoms. The fourth-order valence-electron chi connectivity index (χ4n) is 3.17. The molecule has 0 radical (unpaired) electrons. The predicted molar refractivity (Wildman–Crippen MR) is 73.2 cm³/mol. The van der Waals surface area contributed by atoms with Crippen LogP contribution in [-0.4, -0.2) is 47.6 Å². The van der Waals surface area contributed by atoms with Crippen LogP contribution < -0.4 is 5.32 Å². The smallest absolute Gasteiger partial charge is 0.0196 e. The summed E-state index contributed by atoms with van der Waals surface area (Å²) in [4.78, 5) is 2.76. The van der Waals surface area contributed by atoms with E-state index in [0.29, 0.717) is 6.04 Å². The first kappa shape index (κ1) is 12.7. The zero-order chi connectivity index (χ0) is 11.5. The van der Waals surface area contributed by atoms with Gasteiger partial charge in [-0.3, -0.25) is 4.90 Å². The topological polar surface area (TPSA) is 15.3 Å². The van der Waals surface area contributed by atoms with Crippen LogP contribution >= 0.6 is 11.8 Å². The first-order chi connectivity index (χ1) is 7.70. The van der Waals surface area contributed by atoms with E-state index in [0.717, 1.165) is 17.3 Å². The van der Waals surface area contributed by atoms with E-state index < -0.39 is 0 Å². The monoisotopic (exact) mass is 242 g/mol. The molecule has 0 aromatic heterocycles. The SMILES string of the molecule is CSC1CCC(N2CC(C)NCC2C)CC1.